The van der Waals surface area contributed by atoms with Crippen molar-refractivity contribution in [3.63, 3.8) is 0 Å². The summed E-state index contributed by atoms with van der Waals surface area (Å²) in [6.07, 6.45) is 5.16. The third kappa shape index (κ3) is 2.82. The quantitative estimate of drug-likeness (QED) is 0.825. The van der Waals surface area contributed by atoms with Crippen LogP contribution in [0.1, 0.15) is 32.6 Å². The van der Waals surface area contributed by atoms with Gasteiger partial charge in [0.25, 0.3) is 0 Å². The van der Waals surface area contributed by atoms with E-state index in [2.05, 4.69) is 16.7 Å². The lowest BCUT2D eigenvalue weighted by atomic mass is 9.88. The summed E-state index contributed by atoms with van der Waals surface area (Å²) in [6, 6.07) is 2.03. The summed E-state index contributed by atoms with van der Waals surface area (Å²) in [5.41, 5.74) is 6.14. The van der Waals surface area contributed by atoms with Gasteiger partial charge in [-0.3, -0.25) is 9.80 Å². The third-order valence-corrected chi connectivity index (χ3v) is 5.46. The molecule has 0 aromatic rings. The Bertz CT molecular complexity index is 293. The molecule has 4 heteroatoms. The Labute approximate surface area is 117 Å². The maximum absolute atomic E-state index is 6.14. The van der Waals surface area contributed by atoms with Gasteiger partial charge in [0.15, 0.2) is 0 Å². The van der Waals surface area contributed by atoms with Crippen LogP contribution in [0.25, 0.3) is 0 Å². The molecular weight excluding hydrogens is 238 g/mol. The van der Waals surface area contributed by atoms with Crippen molar-refractivity contribution in [1.82, 2.24) is 9.80 Å². The van der Waals surface area contributed by atoms with Crippen LogP contribution in [0.5, 0.6) is 0 Å². The number of hydrogen-bond donors (Lipinski definition) is 1. The molecule has 3 aliphatic heterocycles. The fourth-order valence-corrected chi connectivity index (χ4v) is 4.37. The molecule has 0 aromatic carbocycles. The number of hydrogen-bond acceptors (Lipinski definition) is 4. The Morgan fingerprint density at radius 1 is 1.21 bits per heavy atom. The van der Waals surface area contributed by atoms with Crippen molar-refractivity contribution in [2.24, 2.45) is 11.7 Å². The SMILES string of the molecule is CC1CN2CCCC2CN1C(CN)C1CCOCC1. The molecule has 0 radical (unpaired) electrons. The zero-order valence-electron chi connectivity index (χ0n) is 12.3. The first-order valence-corrected chi connectivity index (χ1v) is 8.07. The maximum Gasteiger partial charge on any atom is 0.0469 e. The zero-order chi connectivity index (χ0) is 13.2. The molecule has 0 saturated carbocycles. The fraction of sp³-hybridized carbons (Fsp3) is 1.00. The molecule has 3 saturated heterocycles. The molecule has 3 aliphatic rings. The molecule has 4 nitrogen and oxygen atoms in total. The lowest BCUT2D eigenvalue weighted by Crippen LogP contribution is -2.61. The Hall–Kier alpha value is -0.160. The number of piperazine rings is 1. The summed E-state index contributed by atoms with van der Waals surface area (Å²) in [7, 11) is 0. The van der Waals surface area contributed by atoms with Crippen LogP contribution >= 0.6 is 0 Å². The largest absolute Gasteiger partial charge is 0.381 e. The lowest BCUT2D eigenvalue weighted by Gasteiger charge is -2.48. The molecule has 0 bridgehead atoms. The van der Waals surface area contributed by atoms with E-state index >= 15 is 0 Å². The van der Waals surface area contributed by atoms with E-state index in [1.165, 1.54) is 45.3 Å². The summed E-state index contributed by atoms with van der Waals surface area (Å²) in [6.45, 7) is 8.84. The van der Waals surface area contributed by atoms with E-state index in [-0.39, 0.29) is 0 Å². The average Bonchev–Trinajstić information content (AvgIpc) is 2.88. The van der Waals surface area contributed by atoms with Gasteiger partial charge in [-0.05, 0) is 45.1 Å². The van der Waals surface area contributed by atoms with Crippen LogP contribution in [0, 0.1) is 5.92 Å². The van der Waals surface area contributed by atoms with Crippen LogP contribution in [-0.4, -0.2) is 67.3 Å². The van der Waals surface area contributed by atoms with Crippen LogP contribution in [0.15, 0.2) is 0 Å². The number of rotatable bonds is 3. The summed E-state index contributed by atoms with van der Waals surface area (Å²) < 4.78 is 5.51. The van der Waals surface area contributed by atoms with Gasteiger partial charge in [0, 0.05) is 51.0 Å². The van der Waals surface area contributed by atoms with Gasteiger partial charge in [-0.2, -0.15) is 0 Å². The summed E-state index contributed by atoms with van der Waals surface area (Å²) in [5, 5.41) is 0. The van der Waals surface area contributed by atoms with Gasteiger partial charge in [-0.15, -0.1) is 0 Å². The van der Waals surface area contributed by atoms with Gasteiger partial charge in [-0.1, -0.05) is 0 Å². The van der Waals surface area contributed by atoms with Crippen molar-refractivity contribution < 1.29 is 4.74 Å². The second kappa shape index (κ2) is 6.08. The highest BCUT2D eigenvalue weighted by atomic mass is 16.5. The first-order chi connectivity index (χ1) is 9.29. The van der Waals surface area contributed by atoms with E-state index in [1.54, 1.807) is 0 Å². The Morgan fingerprint density at radius 2 is 2.00 bits per heavy atom. The number of ether oxygens (including phenoxy) is 1. The van der Waals surface area contributed by atoms with Crippen LogP contribution in [-0.2, 0) is 4.74 Å². The third-order valence-electron chi connectivity index (χ3n) is 5.46. The predicted octanol–water partition coefficient (Wildman–Crippen LogP) is 0.909. The Morgan fingerprint density at radius 3 is 2.74 bits per heavy atom. The smallest absolute Gasteiger partial charge is 0.0469 e. The highest BCUT2D eigenvalue weighted by Gasteiger charge is 2.39. The highest BCUT2D eigenvalue weighted by Crippen LogP contribution is 2.30. The van der Waals surface area contributed by atoms with Crippen molar-refractivity contribution in [3.05, 3.63) is 0 Å². The highest BCUT2D eigenvalue weighted by molar-refractivity contribution is 4.95. The molecule has 3 fully saturated rings. The van der Waals surface area contributed by atoms with Crippen molar-refractivity contribution in [3.8, 4) is 0 Å². The minimum Gasteiger partial charge on any atom is -0.381 e. The predicted molar refractivity (Wildman–Crippen MR) is 77.1 cm³/mol. The Balaban J connectivity index is 1.67. The van der Waals surface area contributed by atoms with Crippen molar-refractivity contribution in [2.45, 2.75) is 50.7 Å². The van der Waals surface area contributed by atoms with Crippen molar-refractivity contribution >= 4 is 0 Å². The van der Waals surface area contributed by atoms with Gasteiger partial charge in [0.1, 0.15) is 0 Å². The summed E-state index contributed by atoms with van der Waals surface area (Å²) in [5.74, 6) is 0.745. The van der Waals surface area contributed by atoms with Gasteiger partial charge in [0.05, 0.1) is 0 Å². The van der Waals surface area contributed by atoms with Crippen LogP contribution in [0.3, 0.4) is 0 Å². The van der Waals surface area contributed by atoms with Crippen LogP contribution in [0.4, 0.5) is 0 Å². The second-order valence-electron chi connectivity index (χ2n) is 6.59. The minimum absolute atomic E-state index is 0.571. The topological polar surface area (TPSA) is 41.7 Å². The van der Waals surface area contributed by atoms with Gasteiger partial charge < -0.3 is 10.5 Å². The van der Waals surface area contributed by atoms with Gasteiger partial charge in [-0.25, -0.2) is 0 Å². The van der Waals surface area contributed by atoms with E-state index in [1.807, 2.05) is 0 Å². The van der Waals surface area contributed by atoms with Gasteiger partial charge >= 0.3 is 0 Å². The summed E-state index contributed by atoms with van der Waals surface area (Å²) >= 11 is 0. The minimum atomic E-state index is 0.571. The maximum atomic E-state index is 6.14. The second-order valence-corrected chi connectivity index (χ2v) is 6.59. The van der Waals surface area contributed by atoms with E-state index < -0.39 is 0 Å². The standard InChI is InChI=1S/C15H29N3O/c1-12-10-17-6-2-3-14(17)11-18(12)15(9-16)13-4-7-19-8-5-13/h12-15H,2-11,16H2,1H3. The molecular formula is C15H29N3O. The Kier molecular flexibility index (Phi) is 4.42. The van der Waals surface area contributed by atoms with Crippen molar-refractivity contribution in [2.75, 3.05) is 39.4 Å². The molecule has 3 rings (SSSR count). The number of fused-ring (bicyclic) bond motifs is 1. The molecule has 0 aliphatic carbocycles. The van der Waals surface area contributed by atoms with Gasteiger partial charge in [0.2, 0.25) is 0 Å². The summed E-state index contributed by atoms with van der Waals surface area (Å²) in [4.78, 5) is 5.42. The molecule has 3 atom stereocenters. The average molecular weight is 267 g/mol. The van der Waals surface area contributed by atoms with E-state index in [0.29, 0.717) is 12.1 Å². The molecule has 3 heterocycles. The normalized spacial score (nSPS) is 36.3. The number of nitrogens with zero attached hydrogens (tertiary/aromatic N) is 2. The molecule has 2 N–H and O–H groups in total. The van der Waals surface area contributed by atoms with Crippen molar-refractivity contribution in [1.29, 1.82) is 0 Å². The molecule has 0 spiro atoms. The monoisotopic (exact) mass is 267 g/mol. The first kappa shape index (κ1) is 13.8. The van der Waals surface area contributed by atoms with E-state index in [9.17, 15) is 0 Å². The first-order valence-electron chi connectivity index (χ1n) is 8.07. The zero-order valence-corrected chi connectivity index (χ0v) is 12.3. The van der Waals surface area contributed by atoms with E-state index in [4.69, 9.17) is 10.5 Å². The molecule has 19 heavy (non-hydrogen) atoms. The molecule has 0 aromatic heterocycles. The fourth-order valence-electron chi connectivity index (χ4n) is 4.37. The molecule has 110 valence electrons. The lowest BCUT2D eigenvalue weighted by molar-refractivity contribution is -0.0193. The van der Waals surface area contributed by atoms with Crippen LogP contribution < -0.4 is 5.73 Å². The van der Waals surface area contributed by atoms with Crippen LogP contribution in [0.2, 0.25) is 0 Å². The molecule has 0 amide bonds. The number of nitrogens with two attached hydrogens (primary N) is 1. The molecule has 3 unspecified atom stereocenters. The van der Waals surface area contributed by atoms with E-state index in [0.717, 1.165) is 31.7 Å².